The van der Waals surface area contributed by atoms with E-state index in [4.69, 9.17) is 0 Å². The molecule has 0 bridgehead atoms. The fourth-order valence-electron chi connectivity index (χ4n) is 3.08. The lowest BCUT2D eigenvalue weighted by Gasteiger charge is -2.24. The molecule has 0 aliphatic carbocycles. The highest BCUT2D eigenvalue weighted by molar-refractivity contribution is 8.00. The van der Waals surface area contributed by atoms with Gasteiger partial charge in [0.1, 0.15) is 22.4 Å². The van der Waals surface area contributed by atoms with Gasteiger partial charge in [-0.15, -0.1) is 0 Å². The number of halogens is 1. The van der Waals surface area contributed by atoms with Crippen LogP contribution in [0.2, 0.25) is 0 Å². The van der Waals surface area contributed by atoms with E-state index in [1.807, 2.05) is 38.2 Å². The Morgan fingerprint density at radius 2 is 2.16 bits per heavy atom. The molecule has 0 saturated heterocycles. The van der Waals surface area contributed by atoms with Crippen molar-refractivity contribution in [2.45, 2.75) is 17.2 Å². The van der Waals surface area contributed by atoms with Crippen molar-refractivity contribution >= 4 is 17.3 Å². The van der Waals surface area contributed by atoms with Gasteiger partial charge < -0.3 is 10.2 Å². The molecule has 0 spiro atoms. The van der Waals surface area contributed by atoms with Gasteiger partial charge in [-0.05, 0) is 36.9 Å². The van der Waals surface area contributed by atoms with Crippen LogP contribution in [0.15, 0.2) is 52.2 Å². The average molecular weight is 356 g/mol. The molecule has 0 fully saturated rings. The molecule has 1 unspecified atom stereocenters. The number of nitrogens with one attached hydrogen (secondary N) is 1. The van der Waals surface area contributed by atoms with Crippen LogP contribution in [-0.4, -0.2) is 33.9 Å². The molecule has 2 aliphatic rings. The molecule has 4 rings (SSSR count). The summed E-state index contributed by atoms with van der Waals surface area (Å²) in [6, 6.07) is 4.70. The van der Waals surface area contributed by atoms with Gasteiger partial charge in [-0.2, -0.15) is 0 Å². The second-order valence-corrected chi connectivity index (χ2v) is 7.36. The number of hydrogen-bond acceptors (Lipinski definition) is 5. The molecule has 1 aromatic carbocycles. The van der Waals surface area contributed by atoms with Crippen LogP contribution in [0.3, 0.4) is 0 Å². The third-order valence-electron chi connectivity index (χ3n) is 4.29. The lowest BCUT2D eigenvalue weighted by molar-refractivity contribution is 0.526. The highest BCUT2D eigenvalue weighted by Crippen LogP contribution is 2.44. The number of benzene rings is 1. The highest BCUT2D eigenvalue weighted by atomic mass is 32.2. The van der Waals surface area contributed by atoms with Crippen molar-refractivity contribution < 1.29 is 4.39 Å². The number of fused-ring (bicyclic) bond motifs is 3. The van der Waals surface area contributed by atoms with Crippen molar-refractivity contribution in [3.8, 4) is 5.69 Å². The molecule has 25 heavy (non-hydrogen) atoms. The van der Waals surface area contributed by atoms with Gasteiger partial charge in [0.25, 0.3) is 5.56 Å². The lowest BCUT2D eigenvalue weighted by atomic mass is 10.1. The first-order valence-corrected chi connectivity index (χ1v) is 8.74. The molecule has 128 valence electrons. The zero-order valence-electron chi connectivity index (χ0n) is 14.1. The van der Waals surface area contributed by atoms with Crippen LogP contribution in [-0.2, 0) is 0 Å². The molecule has 0 amide bonds. The van der Waals surface area contributed by atoms with E-state index in [9.17, 15) is 9.18 Å². The van der Waals surface area contributed by atoms with Gasteiger partial charge in [-0.1, -0.05) is 17.8 Å². The van der Waals surface area contributed by atoms with Gasteiger partial charge in [0.2, 0.25) is 0 Å². The molecule has 7 heteroatoms. The van der Waals surface area contributed by atoms with Crippen LogP contribution >= 0.6 is 11.8 Å². The molecule has 0 radical (unpaired) electrons. The van der Waals surface area contributed by atoms with Crippen LogP contribution < -0.4 is 10.9 Å². The fraction of sp³-hybridized carbons (Fsp3) is 0.222. The Morgan fingerprint density at radius 1 is 1.36 bits per heavy atom. The lowest BCUT2D eigenvalue weighted by Crippen LogP contribution is -2.27. The van der Waals surface area contributed by atoms with Crippen LogP contribution in [0.5, 0.6) is 0 Å². The van der Waals surface area contributed by atoms with E-state index in [1.54, 1.807) is 12.1 Å². The number of dihydropyridines is 1. The summed E-state index contributed by atoms with van der Waals surface area (Å²) in [4.78, 5) is 20.0. The van der Waals surface area contributed by atoms with Crippen molar-refractivity contribution in [1.82, 2.24) is 19.8 Å². The van der Waals surface area contributed by atoms with Crippen molar-refractivity contribution in [3.63, 3.8) is 0 Å². The molecule has 1 N–H and O–H groups in total. The number of likely N-dealkylation sites (N-methyl/N-ethyl adjacent to an activating group) is 1. The largest absolute Gasteiger partial charge is 0.377 e. The van der Waals surface area contributed by atoms with E-state index in [1.165, 1.54) is 28.7 Å². The minimum absolute atomic E-state index is 0.0594. The molecule has 5 nitrogen and oxygen atoms in total. The van der Waals surface area contributed by atoms with Gasteiger partial charge in [-0.25, -0.2) is 9.37 Å². The van der Waals surface area contributed by atoms with Crippen molar-refractivity contribution in [2.24, 2.45) is 0 Å². The first-order chi connectivity index (χ1) is 12.0. The zero-order chi connectivity index (χ0) is 17.7. The van der Waals surface area contributed by atoms with E-state index in [0.29, 0.717) is 10.6 Å². The summed E-state index contributed by atoms with van der Waals surface area (Å²) < 4.78 is 15.5. The van der Waals surface area contributed by atoms with Crippen LogP contribution in [0.4, 0.5) is 4.39 Å². The maximum Gasteiger partial charge on any atom is 0.272 e. The highest BCUT2D eigenvalue weighted by Gasteiger charge is 2.35. The van der Waals surface area contributed by atoms with Crippen molar-refractivity contribution in [1.29, 1.82) is 0 Å². The summed E-state index contributed by atoms with van der Waals surface area (Å²) in [5, 5.41) is 3.20. The van der Waals surface area contributed by atoms with E-state index in [-0.39, 0.29) is 16.6 Å². The van der Waals surface area contributed by atoms with Crippen LogP contribution in [0.25, 0.3) is 11.3 Å². The summed E-state index contributed by atoms with van der Waals surface area (Å²) in [6.07, 6.45) is 5.26. The van der Waals surface area contributed by atoms with Gasteiger partial charge in [0, 0.05) is 25.4 Å². The Kier molecular flexibility index (Phi) is 3.68. The third kappa shape index (κ3) is 2.46. The molecule has 2 aromatic rings. The number of hydrogen-bond donors (Lipinski definition) is 1. The number of nitrogens with zero attached hydrogens (tertiary/aromatic N) is 3. The maximum atomic E-state index is 14.2. The Labute approximate surface area is 148 Å². The fourth-order valence-corrected chi connectivity index (χ4v) is 4.29. The number of aryl methyl sites for hydroxylation is 1. The van der Waals surface area contributed by atoms with Crippen molar-refractivity contribution in [3.05, 3.63) is 69.9 Å². The molecule has 1 atom stereocenters. The van der Waals surface area contributed by atoms with E-state index in [0.717, 1.165) is 16.8 Å². The SMILES string of the molecule is Cc1ccc(F)c(-n2cnc3c(c2=O)SC2NC=CC(N(C)C)=C32)c1. The van der Waals surface area contributed by atoms with Crippen LogP contribution in [0, 0.1) is 12.7 Å². The predicted molar refractivity (Wildman–Crippen MR) is 97.1 cm³/mol. The Balaban J connectivity index is 1.92. The van der Waals surface area contributed by atoms with Gasteiger partial charge >= 0.3 is 0 Å². The Bertz CT molecular complexity index is 993. The minimum atomic E-state index is -0.442. The van der Waals surface area contributed by atoms with E-state index in [2.05, 4.69) is 10.3 Å². The maximum absolute atomic E-state index is 14.2. The van der Waals surface area contributed by atoms with Gasteiger partial charge in [0.05, 0.1) is 11.4 Å². The van der Waals surface area contributed by atoms with E-state index < -0.39 is 5.82 Å². The first kappa shape index (κ1) is 16.0. The summed E-state index contributed by atoms with van der Waals surface area (Å²) >= 11 is 1.42. The number of aromatic nitrogens is 2. The first-order valence-electron chi connectivity index (χ1n) is 7.86. The molecular weight excluding hydrogens is 339 g/mol. The predicted octanol–water partition coefficient (Wildman–Crippen LogP) is 2.50. The molecular formula is C18H17FN4OS. The molecule has 3 heterocycles. The van der Waals surface area contributed by atoms with Crippen molar-refractivity contribution in [2.75, 3.05) is 14.1 Å². The molecule has 0 saturated carbocycles. The topological polar surface area (TPSA) is 50.2 Å². The van der Waals surface area contributed by atoms with Crippen LogP contribution in [0.1, 0.15) is 11.3 Å². The zero-order valence-corrected chi connectivity index (χ0v) is 14.9. The number of allylic oxidation sites excluding steroid dienone is 1. The molecule has 2 aliphatic heterocycles. The van der Waals surface area contributed by atoms with E-state index >= 15 is 0 Å². The third-order valence-corrected chi connectivity index (χ3v) is 5.50. The monoisotopic (exact) mass is 356 g/mol. The minimum Gasteiger partial charge on any atom is -0.377 e. The van der Waals surface area contributed by atoms with Gasteiger partial charge in [-0.3, -0.25) is 9.36 Å². The smallest absolute Gasteiger partial charge is 0.272 e. The number of thioether (sulfide) groups is 1. The summed E-state index contributed by atoms with van der Waals surface area (Å²) in [5.41, 5.74) is 3.53. The number of rotatable bonds is 2. The summed E-state index contributed by atoms with van der Waals surface area (Å²) in [5.74, 6) is -0.442. The van der Waals surface area contributed by atoms with Gasteiger partial charge in [0.15, 0.2) is 0 Å². The quantitative estimate of drug-likeness (QED) is 0.896. The second kappa shape index (κ2) is 5.77. The summed E-state index contributed by atoms with van der Waals surface area (Å²) in [7, 11) is 3.92. The Morgan fingerprint density at radius 3 is 2.92 bits per heavy atom. The standard InChI is InChI=1S/C18H17FN4OS/c1-10-4-5-11(19)13(8-10)23-9-21-15-14-12(22(2)3)6-7-20-17(14)25-16(15)18(23)24/h4-9,17,20H,1-3H3. The molecule has 1 aromatic heterocycles. The Hall–Kier alpha value is -2.54. The summed E-state index contributed by atoms with van der Waals surface area (Å²) in [6.45, 7) is 1.86. The average Bonchev–Trinajstić information content (AvgIpc) is 2.97. The second-order valence-electron chi connectivity index (χ2n) is 6.24. The normalized spacial score (nSPS) is 18.0.